The van der Waals surface area contributed by atoms with Crippen LogP contribution in [0.5, 0.6) is 5.75 Å². The van der Waals surface area contributed by atoms with Gasteiger partial charge in [-0.05, 0) is 34.0 Å². The Bertz CT molecular complexity index is 635. The van der Waals surface area contributed by atoms with Crippen molar-refractivity contribution in [3.05, 3.63) is 21.6 Å². The highest BCUT2D eigenvalue weighted by molar-refractivity contribution is 9.10. The maximum Gasteiger partial charge on any atom is 0.303 e. The number of nitrogens with one attached hydrogen (secondary N) is 1. The number of hydrogen-bond donors (Lipinski definition) is 2. The van der Waals surface area contributed by atoms with Crippen LogP contribution in [-0.4, -0.2) is 33.1 Å². The number of sulfonamides is 1. The van der Waals surface area contributed by atoms with Gasteiger partial charge in [0.1, 0.15) is 4.90 Å². The minimum atomic E-state index is -3.86. The van der Waals surface area contributed by atoms with Crippen LogP contribution in [0.1, 0.15) is 13.3 Å². The lowest BCUT2D eigenvalue weighted by Crippen LogP contribution is -2.29. The smallest absolute Gasteiger partial charge is 0.303 e. The molecule has 0 saturated heterocycles. The number of carbonyl (C=O) groups is 1. The lowest BCUT2D eigenvalue weighted by atomic mass is 10.1. The molecule has 0 fully saturated rings. The van der Waals surface area contributed by atoms with E-state index in [1.165, 1.54) is 19.2 Å². The molecule has 21 heavy (non-hydrogen) atoms. The molecule has 1 rings (SSSR count). The van der Waals surface area contributed by atoms with Gasteiger partial charge in [0, 0.05) is 18.0 Å². The second-order valence-corrected chi connectivity index (χ2v) is 7.50. The fourth-order valence-corrected chi connectivity index (χ4v) is 4.18. The molecular formula is C12H15BrClNO5S. The van der Waals surface area contributed by atoms with Crippen LogP contribution in [0.25, 0.3) is 0 Å². The molecule has 1 aromatic rings. The topological polar surface area (TPSA) is 92.7 Å². The van der Waals surface area contributed by atoms with Crippen LogP contribution in [0.3, 0.4) is 0 Å². The quantitative estimate of drug-likeness (QED) is 0.733. The third-order valence-electron chi connectivity index (χ3n) is 2.61. The van der Waals surface area contributed by atoms with Crippen molar-refractivity contribution in [3.63, 3.8) is 0 Å². The molecule has 0 saturated carbocycles. The molecule has 9 heteroatoms. The van der Waals surface area contributed by atoms with Gasteiger partial charge in [-0.25, -0.2) is 13.1 Å². The van der Waals surface area contributed by atoms with E-state index in [2.05, 4.69) is 20.7 Å². The van der Waals surface area contributed by atoms with Crippen molar-refractivity contribution in [2.75, 3.05) is 13.7 Å². The number of carboxylic acids is 1. The lowest BCUT2D eigenvalue weighted by molar-refractivity contribution is -0.137. The highest BCUT2D eigenvalue weighted by Crippen LogP contribution is 2.35. The Kier molecular flexibility index (Phi) is 6.45. The molecule has 1 unspecified atom stereocenters. The second kappa shape index (κ2) is 7.44. The maximum atomic E-state index is 12.3. The zero-order valence-corrected chi connectivity index (χ0v) is 14.5. The first kappa shape index (κ1) is 18.2. The summed E-state index contributed by atoms with van der Waals surface area (Å²) in [6.07, 6.45) is -0.126. The first-order valence-corrected chi connectivity index (χ1v) is 8.57. The van der Waals surface area contributed by atoms with E-state index in [1.807, 2.05) is 0 Å². The van der Waals surface area contributed by atoms with Crippen LogP contribution in [0.4, 0.5) is 0 Å². The summed E-state index contributed by atoms with van der Waals surface area (Å²) in [5, 5.41) is 8.90. The van der Waals surface area contributed by atoms with Crippen LogP contribution in [0, 0.1) is 5.92 Å². The fourth-order valence-electron chi connectivity index (χ4n) is 1.63. The van der Waals surface area contributed by atoms with Gasteiger partial charge in [-0.15, -0.1) is 0 Å². The van der Waals surface area contributed by atoms with Crippen LogP contribution in [-0.2, 0) is 14.8 Å². The van der Waals surface area contributed by atoms with Crippen LogP contribution >= 0.6 is 27.5 Å². The molecule has 2 N–H and O–H groups in total. The zero-order chi connectivity index (χ0) is 16.2. The van der Waals surface area contributed by atoms with Crippen LogP contribution < -0.4 is 9.46 Å². The Hall–Kier alpha value is -0.830. The van der Waals surface area contributed by atoms with Crippen molar-refractivity contribution in [2.45, 2.75) is 18.2 Å². The molecule has 0 bridgehead atoms. The summed E-state index contributed by atoms with van der Waals surface area (Å²) in [6, 6.07) is 2.79. The van der Waals surface area contributed by atoms with Crippen LogP contribution in [0.2, 0.25) is 5.02 Å². The minimum absolute atomic E-state index is 0.00190. The second-order valence-electron chi connectivity index (χ2n) is 4.47. The molecule has 0 aliphatic heterocycles. The molecule has 118 valence electrons. The van der Waals surface area contributed by atoms with E-state index in [4.69, 9.17) is 21.4 Å². The lowest BCUT2D eigenvalue weighted by Gasteiger charge is -2.14. The normalized spacial score (nSPS) is 13.0. The maximum absolute atomic E-state index is 12.3. The van der Waals surface area contributed by atoms with Crippen molar-refractivity contribution < 1.29 is 23.1 Å². The average molecular weight is 401 g/mol. The number of aliphatic carboxylic acids is 1. The summed E-state index contributed by atoms with van der Waals surface area (Å²) in [4.78, 5) is 10.5. The van der Waals surface area contributed by atoms with Crippen LogP contribution in [0.15, 0.2) is 21.5 Å². The monoisotopic (exact) mass is 399 g/mol. The predicted octanol–water partition coefficient (Wildman–Crippen LogP) is 2.50. The number of hydrogen-bond acceptors (Lipinski definition) is 4. The van der Waals surface area contributed by atoms with E-state index < -0.39 is 16.0 Å². The summed E-state index contributed by atoms with van der Waals surface area (Å²) >= 11 is 9.05. The third kappa shape index (κ3) is 5.14. The van der Waals surface area contributed by atoms with E-state index >= 15 is 0 Å². The van der Waals surface area contributed by atoms with Crippen molar-refractivity contribution in [1.29, 1.82) is 0 Å². The van der Waals surface area contributed by atoms with Gasteiger partial charge in [0.15, 0.2) is 5.75 Å². The van der Waals surface area contributed by atoms with Gasteiger partial charge in [0.25, 0.3) is 0 Å². The fraction of sp³-hybridized carbons (Fsp3) is 0.417. The summed E-state index contributed by atoms with van der Waals surface area (Å²) in [7, 11) is -2.51. The summed E-state index contributed by atoms with van der Waals surface area (Å²) in [5.41, 5.74) is 0. The Morgan fingerprint density at radius 2 is 2.14 bits per heavy atom. The molecule has 0 radical (unpaired) electrons. The van der Waals surface area contributed by atoms with Gasteiger partial charge in [-0.3, -0.25) is 4.79 Å². The van der Waals surface area contributed by atoms with Gasteiger partial charge in [-0.2, -0.15) is 0 Å². The molecular weight excluding hydrogens is 386 g/mol. The minimum Gasteiger partial charge on any atom is -0.494 e. The van der Waals surface area contributed by atoms with Gasteiger partial charge >= 0.3 is 5.97 Å². The highest BCUT2D eigenvalue weighted by atomic mass is 79.9. The molecule has 6 nitrogen and oxygen atoms in total. The Morgan fingerprint density at radius 3 is 2.67 bits per heavy atom. The molecule has 0 aliphatic carbocycles. The van der Waals surface area contributed by atoms with Crippen molar-refractivity contribution in [1.82, 2.24) is 4.72 Å². The molecule has 0 heterocycles. The SMILES string of the molecule is COc1c(Br)cc(Cl)cc1S(=O)(=O)NCC(C)CC(=O)O. The van der Waals surface area contributed by atoms with Gasteiger partial charge in [0.05, 0.1) is 11.6 Å². The summed E-state index contributed by atoms with van der Waals surface area (Å²) in [6.45, 7) is 1.64. The van der Waals surface area contributed by atoms with Crippen molar-refractivity contribution in [3.8, 4) is 5.75 Å². The van der Waals surface area contributed by atoms with E-state index in [0.717, 1.165) is 0 Å². The molecule has 1 aromatic carbocycles. The highest BCUT2D eigenvalue weighted by Gasteiger charge is 2.23. The number of ether oxygens (including phenoxy) is 1. The van der Waals surface area contributed by atoms with E-state index in [0.29, 0.717) is 4.47 Å². The number of benzene rings is 1. The summed E-state index contributed by atoms with van der Waals surface area (Å²) < 4.78 is 32.4. The zero-order valence-electron chi connectivity index (χ0n) is 11.4. The summed E-state index contributed by atoms with van der Waals surface area (Å²) in [5.74, 6) is -1.19. The Labute approximate surface area is 136 Å². The Morgan fingerprint density at radius 1 is 1.52 bits per heavy atom. The Balaban J connectivity index is 3.00. The van der Waals surface area contributed by atoms with E-state index in [-0.39, 0.29) is 34.6 Å². The van der Waals surface area contributed by atoms with Crippen molar-refractivity contribution >= 4 is 43.5 Å². The predicted molar refractivity (Wildman–Crippen MR) is 82.3 cm³/mol. The van der Waals surface area contributed by atoms with Gasteiger partial charge < -0.3 is 9.84 Å². The average Bonchev–Trinajstić information content (AvgIpc) is 2.35. The first-order chi connectivity index (χ1) is 9.67. The molecule has 0 spiro atoms. The van der Waals surface area contributed by atoms with Gasteiger partial charge in [0.2, 0.25) is 10.0 Å². The molecule has 1 atom stereocenters. The van der Waals surface area contributed by atoms with E-state index in [1.54, 1.807) is 6.92 Å². The largest absolute Gasteiger partial charge is 0.494 e. The number of carboxylic acid groups (broad SMARTS) is 1. The van der Waals surface area contributed by atoms with E-state index in [9.17, 15) is 13.2 Å². The van der Waals surface area contributed by atoms with Gasteiger partial charge in [-0.1, -0.05) is 18.5 Å². The molecule has 0 amide bonds. The number of methoxy groups -OCH3 is 1. The standard InChI is InChI=1S/C12H15BrClNO5S/c1-7(3-11(16)17)6-15-21(18,19)10-5-8(14)4-9(13)12(10)20-2/h4-5,7,15H,3,6H2,1-2H3,(H,16,17). The first-order valence-electron chi connectivity index (χ1n) is 5.92. The number of halogens is 2. The third-order valence-corrected chi connectivity index (χ3v) is 4.85. The molecule has 0 aromatic heterocycles. The number of rotatable bonds is 7. The van der Waals surface area contributed by atoms with Crippen molar-refractivity contribution in [2.24, 2.45) is 5.92 Å². The molecule has 0 aliphatic rings.